The van der Waals surface area contributed by atoms with Crippen LogP contribution in [0.15, 0.2) is 83.7 Å². The largest absolute Gasteiger partial charge is 0.486 e. The van der Waals surface area contributed by atoms with Gasteiger partial charge in [0.2, 0.25) is 0 Å². The molecule has 3 aromatic carbocycles. The van der Waals surface area contributed by atoms with Crippen molar-refractivity contribution in [3.05, 3.63) is 106 Å². The van der Waals surface area contributed by atoms with E-state index in [0.717, 1.165) is 16.5 Å². The van der Waals surface area contributed by atoms with Gasteiger partial charge in [0, 0.05) is 30.1 Å². The number of carbonyl (C=O) groups excluding carboxylic acids is 1. The van der Waals surface area contributed by atoms with Crippen LogP contribution in [0.2, 0.25) is 0 Å². The number of amides is 2. The molecule has 1 aromatic heterocycles. The van der Waals surface area contributed by atoms with Crippen LogP contribution in [0.3, 0.4) is 0 Å². The van der Waals surface area contributed by atoms with Crippen LogP contribution in [-0.4, -0.2) is 35.7 Å². The Balaban J connectivity index is 1.38. The number of carbonyl (C=O) groups is 1. The summed E-state index contributed by atoms with van der Waals surface area (Å²) in [7, 11) is 0. The van der Waals surface area contributed by atoms with Gasteiger partial charge in [0.15, 0.2) is 11.5 Å². The molecule has 2 N–H and O–H groups in total. The monoisotopic (exact) mass is 469 g/mol. The molecule has 7 nitrogen and oxygen atoms in total. The van der Waals surface area contributed by atoms with Gasteiger partial charge in [-0.2, -0.15) is 0 Å². The zero-order chi connectivity index (χ0) is 24.0. The number of nitrogens with one attached hydrogen (secondary N) is 2. The normalized spacial score (nSPS) is 12.3. The molecule has 1 aliphatic rings. The Morgan fingerprint density at radius 2 is 1.54 bits per heavy atom. The van der Waals surface area contributed by atoms with Gasteiger partial charge >= 0.3 is 6.03 Å². The Labute approximate surface area is 203 Å². The number of H-pyrrole nitrogens is 1. The second-order valence-electron chi connectivity index (χ2n) is 8.51. The third-order valence-corrected chi connectivity index (χ3v) is 6.03. The number of hydrogen-bond donors (Lipinski definition) is 2. The fraction of sp³-hybridized carbons (Fsp3) is 0.214. The van der Waals surface area contributed by atoms with Crippen molar-refractivity contribution >= 4 is 16.9 Å². The van der Waals surface area contributed by atoms with Gasteiger partial charge in [0.05, 0.1) is 12.1 Å². The minimum Gasteiger partial charge on any atom is -0.486 e. The molecule has 1 aliphatic heterocycles. The maximum Gasteiger partial charge on any atom is 0.317 e. The molecule has 35 heavy (non-hydrogen) atoms. The van der Waals surface area contributed by atoms with Gasteiger partial charge < -0.3 is 24.7 Å². The second-order valence-corrected chi connectivity index (χ2v) is 8.51. The Morgan fingerprint density at radius 3 is 2.26 bits per heavy atom. The summed E-state index contributed by atoms with van der Waals surface area (Å²) in [6.45, 7) is 2.05. The molecule has 0 saturated heterocycles. The molecule has 0 saturated carbocycles. The number of fused-ring (bicyclic) bond motifs is 2. The maximum atomic E-state index is 13.2. The number of ether oxygens (including phenoxy) is 2. The van der Waals surface area contributed by atoms with Gasteiger partial charge in [0.1, 0.15) is 13.2 Å². The van der Waals surface area contributed by atoms with Crippen LogP contribution in [0.25, 0.3) is 10.9 Å². The molecule has 0 fully saturated rings. The van der Waals surface area contributed by atoms with Crippen molar-refractivity contribution in [2.75, 3.05) is 19.8 Å². The molecule has 0 aliphatic carbocycles. The van der Waals surface area contributed by atoms with E-state index < -0.39 is 0 Å². The lowest BCUT2D eigenvalue weighted by atomic mass is 10.1. The highest BCUT2D eigenvalue weighted by Gasteiger charge is 2.18. The molecule has 0 spiro atoms. The number of urea groups is 1. The Bertz CT molecular complexity index is 1370. The second kappa shape index (κ2) is 10.3. The summed E-state index contributed by atoms with van der Waals surface area (Å²) in [5.41, 5.74) is 3.10. The molecule has 4 aromatic rings. The van der Waals surface area contributed by atoms with E-state index in [0.29, 0.717) is 55.3 Å². The summed E-state index contributed by atoms with van der Waals surface area (Å²) in [6.07, 6.45) is 0.684. The smallest absolute Gasteiger partial charge is 0.317 e. The molecule has 2 amide bonds. The van der Waals surface area contributed by atoms with E-state index in [1.165, 1.54) is 0 Å². The molecular formula is C28H27N3O4. The standard InChI is InChI=1S/C28H27N3O4/c32-27-23(15-22-16-25-26(17-24(22)30-27)35-14-13-34-25)19-31(12-11-20-7-3-1-4-8-20)28(33)29-18-21-9-5-2-6-10-21/h1-10,15-17H,11-14,18-19H2,(H,29,33)(H,30,32). The number of nitrogens with zero attached hydrogens (tertiary/aromatic N) is 1. The molecule has 0 radical (unpaired) electrons. The summed E-state index contributed by atoms with van der Waals surface area (Å²) in [6, 6.07) is 25.0. The van der Waals surface area contributed by atoms with Crippen LogP contribution in [0.1, 0.15) is 16.7 Å². The summed E-state index contributed by atoms with van der Waals surface area (Å²) < 4.78 is 11.3. The third-order valence-electron chi connectivity index (χ3n) is 6.03. The van der Waals surface area contributed by atoms with E-state index in [4.69, 9.17) is 9.47 Å². The molecule has 7 heteroatoms. The van der Waals surface area contributed by atoms with E-state index in [1.54, 1.807) is 11.0 Å². The highest BCUT2D eigenvalue weighted by molar-refractivity contribution is 5.83. The minimum atomic E-state index is -0.227. The van der Waals surface area contributed by atoms with Crippen molar-refractivity contribution < 1.29 is 14.3 Å². The van der Waals surface area contributed by atoms with E-state index in [1.807, 2.05) is 72.8 Å². The molecule has 2 heterocycles. The molecule has 0 bridgehead atoms. The van der Waals surface area contributed by atoms with Crippen LogP contribution in [-0.2, 0) is 19.5 Å². The predicted octanol–water partition coefficient (Wildman–Crippen LogP) is 4.25. The van der Waals surface area contributed by atoms with Crippen molar-refractivity contribution in [1.82, 2.24) is 15.2 Å². The third kappa shape index (κ3) is 5.46. The van der Waals surface area contributed by atoms with Crippen LogP contribution in [0, 0.1) is 0 Å². The number of aromatic nitrogens is 1. The van der Waals surface area contributed by atoms with Crippen molar-refractivity contribution in [2.45, 2.75) is 19.5 Å². The lowest BCUT2D eigenvalue weighted by Gasteiger charge is -2.23. The number of rotatable bonds is 7. The number of benzene rings is 3. The first-order chi connectivity index (χ1) is 17.2. The predicted molar refractivity (Wildman–Crippen MR) is 135 cm³/mol. The topological polar surface area (TPSA) is 83.7 Å². The van der Waals surface area contributed by atoms with Gasteiger partial charge in [-0.25, -0.2) is 4.79 Å². The molecule has 0 atom stereocenters. The van der Waals surface area contributed by atoms with Gasteiger partial charge in [0.25, 0.3) is 5.56 Å². The van der Waals surface area contributed by atoms with Crippen LogP contribution >= 0.6 is 0 Å². The van der Waals surface area contributed by atoms with Crippen molar-refractivity contribution in [3.63, 3.8) is 0 Å². The van der Waals surface area contributed by atoms with Gasteiger partial charge in [-0.05, 0) is 29.7 Å². The van der Waals surface area contributed by atoms with E-state index in [9.17, 15) is 9.59 Å². The van der Waals surface area contributed by atoms with E-state index >= 15 is 0 Å². The molecule has 5 rings (SSSR count). The first-order valence-corrected chi connectivity index (χ1v) is 11.7. The van der Waals surface area contributed by atoms with Crippen molar-refractivity contribution in [1.29, 1.82) is 0 Å². The molecule has 0 unspecified atom stereocenters. The highest BCUT2D eigenvalue weighted by atomic mass is 16.6. The fourth-order valence-corrected chi connectivity index (χ4v) is 4.16. The summed E-state index contributed by atoms with van der Waals surface area (Å²) in [5.74, 6) is 1.28. The summed E-state index contributed by atoms with van der Waals surface area (Å²) >= 11 is 0. The van der Waals surface area contributed by atoms with Crippen LogP contribution in [0.4, 0.5) is 4.79 Å². The van der Waals surface area contributed by atoms with Crippen molar-refractivity contribution in [3.8, 4) is 11.5 Å². The minimum absolute atomic E-state index is 0.188. The van der Waals surface area contributed by atoms with Crippen LogP contribution in [0.5, 0.6) is 11.5 Å². The first kappa shape index (κ1) is 22.5. The zero-order valence-corrected chi connectivity index (χ0v) is 19.3. The Morgan fingerprint density at radius 1 is 0.886 bits per heavy atom. The lowest BCUT2D eigenvalue weighted by molar-refractivity contribution is 0.172. The number of aromatic amines is 1. The summed E-state index contributed by atoms with van der Waals surface area (Å²) in [5, 5.41) is 3.82. The van der Waals surface area contributed by atoms with Gasteiger partial charge in [-0.1, -0.05) is 60.7 Å². The van der Waals surface area contributed by atoms with Crippen LogP contribution < -0.4 is 20.3 Å². The van der Waals surface area contributed by atoms with Gasteiger partial charge in [-0.15, -0.1) is 0 Å². The van der Waals surface area contributed by atoms with Crippen molar-refractivity contribution in [2.24, 2.45) is 0 Å². The first-order valence-electron chi connectivity index (χ1n) is 11.7. The fourth-order valence-electron chi connectivity index (χ4n) is 4.16. The zero-order valence-electron chi connectivity index (χ0n) is 19.3. The Kier molecular flexibility index (Phi) is 6.66. The average molecular weight is 470 g/mol. The van der Waals surface area contributed by atoms with Gasteiger partial charge in [-0.3, -0.25) is 4.79 Å². The number of pyridine rings is 1. The quantitative estimate of drug-likeness (QED) is 0.424. The Hall–Kier alpha value is -4.26. The maximum absolute atomic E-state index is 13.2. The highest BCUT2D eigenvalue weighted by Crippen LogP contribution is 2.33. The average Bonchev–Trinajstić information content (AvgIpc) is 2.90. The molecule has 178 valence electrons. The summed E-state index contributed by atoms with van der Waals surface area (Å²) in [4.78, 5) is 30.7. The lowest BCUT2D eigenvalue weighted by Crippen LogP contribution is -2.41. The van der Waals surface area contributed by atoms with E-state index in [2.05, 4.69) is 10.3 Å². The SMILES string of the molecule is O=C(NCc1ccccc1)N(CCc1ccccc1)Cc1cc2cc3c(cc2[nH]c1=O)OCCO3. The number of hydrogen-bond acceptors (Lipinski definition) is 4. The molecular weight excluding hydrogens is 442 g/mol. The van der Waals surface area contributed by atoms with E-state index in [-0.39, 0.29) is 18.1 Å².